The molecule has 0 aromatic heterocycles. The molecule has 2 amide bonds. The summed E-state index contributed by atoms with van der Waals surface area (Å²) in [7, 11) is 0. The Morgan fingerprint density at radius 3 is 2.56 bits per heavy atom. The van der Waals surface area contributed by atoms with Gasteiger partial charge < -0.3 is 20.4 Å². The molecule has 7 heteroatoms. The van der Waals surface area contributed by atoms with Crippen LogP contribution in [-0.4, -0.2) is 52.2 Å². The van der Waals surface area contributed by atoms with Crippen molar-refractivity contribution in [3.8, 4) is 0 Å². The maximum Gasteiger partial charge on any atom is 0.326 e. The van der Waals surface area contributed by atoms with Gasteiger partial charge in [0.25, 0.3) is 0 Å². The molecule has 3 N–H and O–H groups in total. The standard InChI is InChI=1S/C11H16N2O5/c1-7-2-4-13(5-3-7)11(18)12-8(10(16)17)6-9(14)15/h2,8H,3-6H2,1H3,(H,12,18)(H,14,15)(H,16,17)/t8-/m0/s1. The molecule has 0 saturated carbocycles. The van der Waals surface area contributed by atoms with E-state index in [4.69, 9.17) is 10.2 Å². The van der Waals surface area contributed by atoms with Gasteiger partial charge in [0.1, 0.15) is 6.04 Å². The highest BCUT2D eigenvalue weighted by Gasteiger charge is 2.25. The van der Waals surface area contributed by atoms with Crippen molar-refractivity contribution in [3.05, 3.63) is 11.6 Å². The van der Waals surface area contributed by atoms with Crippen molar-refractivity contribution in [3.63, 3.8) is 0 Å². The number of hydrogen-bond donors (Lipinski definition) is 3. The maximum absolute atomic E-state index is 11.7. The first kappa shape index (κ1) is 14.0. The van der Waals surface area contributed by atoms with Crippen molar-refractivity contribution >= 4 is 18.0 Å². The van der Waals surface area contributed by atoms with Crippen molar-refractivity contribution < 1.29 is 24.6 Å². The number of urea groups is 1. The molecule has 1 aliphatic rings. The molecule has 0 fully saturated rings. The van der Waals surface area contributed by atoms with Crippen LogP contribution in [0.5, 0.6) is 0 Å². The van der Waals surface area contributed by atoms with E-state index in [1.54, 1.807) is 0 Å². The number of nitrogens with one attached hydrogen (secondary N) is 1. The number of rotatable bonds is 4. The van der Waals surface area contributed by atoms with Crippen LogP contribution in [-0.2, 0) is 9.59 Å². The zero-order valence-electron chi connectivity index (χ0n) is 10.0. The first-order valence-corrected chi connectivity index (χ1v) is 5.56. The second-order valence-corrected chi connectivity index (χ2v) is 4.18. The first-order chi connectivity index (χ1) is 8.40. The van der Waals surface area contributed by atoms with Gasteiger partial charge in [0.15, 0.2) is 0 Å². The molecule has 100 valence electrons. The molecule has 0 aliphatic carbocycles. The largest absolute Gasteiger partial charge is 0.481 e. The Labute approximate surface area is 104 Å². The molecule has 0 radical (unpaired) electrons. The Morgan fingerprint density at radius 1 is 1.44 bits per heavy atom. The van der Waals surface area contributed by atoms with E-state index in [1.807, 2.05) is 13.0 Å². The molecule has 7 nitrogen and oxygen atoms in total. The number of carboxylic acid groups (broad SMARTS) is 2. The van der Waals surface area contributed by atoms with E-state index < -0.39 is 30.4 Å². The van der Waals surface area contributed by atoms with E-state index in [2.05, 4.69) is 5.32 Å². The van der Waals surface area contributed by atoms with Gasteiger partial charge in [0.05, 0.1) is 6.42 Å². The minimum absolute atomic E-state index is 0.414. The third kappa shape index (κ3) is 4.08. The van der Waals surface area contributed by atoms with Gasteiger partial charge in [-0.25, -0.2) is 9.59 Å². The summed E-state index contributed by atoms with van der Waals surface area (Å²) in [6.45, 7) is 2.88. The second-order valence-electron chi connectivity index (χ2n) is 4.18. The van der Waals surface area contributed by atoms with E-state index in [9.17, 15) is 14.4 Å². The summed E-state index contributed by atoms with van der Waals surface area (Å²) in [5, 5.41) is 19.6. The van der Waals surface area contributed by atoms with Gasteiger partial charge in [-0.05, 0) is 13.3 Å². The molecule has 0 aromatic carbocycles. The van der Waals surface area contributed by atoms with E-state index in [-0.39, 0.29) is 0 Å². The van der Waals surface area contributed by atoms with Gasteiger partial charge in [-0.2, -0.15) is 0 Å². The minimum atomic E-state index is -1.40. The van der Waals surface area contributed by atoms with Crippen molar-refractivity contribution in [1.82, 2.24) is 10.2 Å². The van der Waals surface area contributed by atoms with Crippen LogP contribution in [0.3, 0.4) is 0 Å². The fraction of sp³-hybridized carbons (Fsp3) is 0.545. The van der Waals surface area contributed by atoms with Crippen molar-refractivity contribution in [1.29, 1.82) is 0 Å². The Bertz CT molecular complexity index is 391. The average Bonchev–Trinajstić information content (AvgIpc) is 2.28. The number of amides is 2. The molecular formula is C11H16N2O5. The minimum Gasteiger partial charge on any atom is -0.481 e. The molecule has 18 heavy (non-hydrogen) atoms. The fourth-order valence-electron chi connectivity index (χ4n) is 1.57. The third-order valence-corrected chi connectivity index (χ3v) is 2.70. The number of carbonyl (C=O) groups is 3. The lowest BCUT2D eigenvalue weighted by molar-refractivity contribution is -0.145. The molecule has 1 aliphatic heterocycles. The van der Waals surface area contributed by atoms with Gasteiger partial charge in [-0.1, -0.05) is 11.6 Å². The molecule has 1 atom stereocenters. The lowest BCUT2D eigenvalue weighted by atomic mass is 10.1. The summed E-state index contributed by atoms with van der Waals surface area (Å²) in [5.41, 5.74) is 1.18. The molecule has 0 spiro atoms. The van der Waals surface area contributed by atoms with Crippen LogP contribution >= 0.6 is 0 Å². The Balaban J connectivity index is 2.56. The van der Waals surface area contributed by atoms with Gasteiger partial charge in [-0.15, -0.1) is 0 Å². The zero-order valence-corrected chi connectivity index (χ0v) is 10.0. The number of hydrogen-bond acceptors (Lipinski definition) is 3. The predicted octanol–water partition coefficient (Wildman–Crippen LogP) is 0.276. The van der Waals surface area contributed by atoms with Crippen molar-refractivity contribution in [2.24, 2.45) is 0 Å². The number of aliphatic carboxylic acids is 2. The van der Waals surface area contributed by atoms with Crippen LogP contribution in [0.15, 0.2) is 11.6 Å². The van der Waals surface area contributed by atoms with E-state index in [0.717, 1.165) is 6.42 Å². The molecule has 0 aromatic rings. The summed E-state index contributed by atoms with van der Waals surface area (Å²) in [5.74, 6) is -2.62. The van der Waals surface area contributed by atoms with Crippen LogP contribution < -0.4 is 5.32 Å². The summed E-state index contributed by atoms with van der Waals surface area (Å²) in [4.78, 5) is 34.5. The van der Waals surface area contributed by atoms with Crippen LogP contribution in [0, 0.1) is 0 Å². The maximum atomic E-state index is 11.7. The average molecular weight is 256 g/mol. The molecule has 1 rings (SSSR count). The van der Waals surface area contributed by atoms with Crippen molar-refractivity contribution in [2.45, 2.75) is 25.8 Å². The topological polar surface area (TPSA) is 107 Å². The van der Waals surface area contributed by atoms with Crippen LogP contribution in [0.4, 0.5) is 4.79 Å². The highest BCUT2D eigenvalue weighted by Crippen LogP contribution is 2.09. The molecule has 0 unspecified atom stereocenters. The highest BCUT2D eigenvalue weighted by atomic mass is 16.4. The van der Waals surface area contributed by atoms with E-state index in [1.165, 1.54) is 10.5 Å². The normalized spacial score (nSPS) is 16.7. The first-order valence-electron chi connectivity index (χ1n) is 5.56. The molecule has 0 bridgehead atoms. The Morgan fingerprint density at radius 2 is 2.11 bits per heavy atom. The van der Waals surface area contributed by atoms with Gasteiger partial charge in [-0.3, -0.25) is 4.79 Å². The molecule has 0 saturated heterocycles. The lowest BCUT2D eigenvalue weighted by Crippen LogP contribution is -2.49. The zero-order chi connectivity index (χ0) is 13.7. The Hall–Kier alpha value is -2.05. The monoisotopic (exact) mass is 256 g/mol. The molecule has 1 heterocycles. The van der Waals surface area contributed by atoms with Gasteiger partial charge in [0, 0.05) is 13.1 Å². The van der Waals surface area contributed by atoms with Gasteiger partial charge in [0.2, 0.25) is 0 Å². The highest BCUT2D eigenvalue weighted by molar-refractivity contribution is 5.86. The lowest BCUT2D eigenvalue weighted by Gasteiger charge is -2.27. The van der Waals surface area contributed by atoms with Crippen molar-refractivity contribution in [2.75, 3.05) is 13.1 Å². The van der Waals surface area contributed by atoms with Crippen LogP contribution in [0.1, 0.15) is 19.8 Å². The number of nitrogens with zero attached hydrogens (tertiary/aromatic N) is 1. The van der Waals surface area contributed by atoms with Gasteiger partial charge >= 0.3 is 18.0 Å². The van der Waals surface area contributed by atoms with Crippen LogP contribution in [0.25, 0.3) is 0 Å². The summed E-state index contributed by atoms with van der Waals surface area (Å²) in [6.07, 6.45) is 1.99. The summed E-state index contributed by atoms with van der Waals surface area (Å²) >= 11 is 0. The third-order valence-electron chi connectivity index (χ3n) is 2.70. The van der Waals surface area contributed by atoms with Crippen LogP contribution in [0.2, 0.25) is 0 Å². The quantitative estimate of drug-likeness (QED) is 0.626. The summed E-state index contributed by atoms with van der Waals surface area (Å²) < 4.78 is 0. The number of carboxylic acids is 2. The SMILES string of the molecule is CC1=CCN(C(=O)N[C@@H](CC(=O)O)C(=O)O)CC1. The molecular weight excluding hydrogens is 240 g/mol. The predicted molar refractivity (Wildman–Crippen MR) is 62.2 cm³/mol. The second kappa shape index (κ2) is 6.04. The number of carbonyl (C=O) groups excluding carboxylic acids is 1. The smallest absolute Gasteiger partial charge is 0.326 e. The summed E-state index contributed by atoms with van der Waals surface area (Å²) in [6, 6.07) is -1.95. The fourth-order valence-corrected chi connectivity index (χ4v) is 1.57. The van der Waals surface area contributed by atoms with E-state index in [0.29, 0.717) is 13.1 Å². The Kier molecular flexibility index (Phi) is 4.70. The van der Waals surface area contributed by atoms with E-state index >= 15 is 0 Å².